The number of benzene rings is 1. The third-order valence-electron chi connectivity index (χ3n) is 4.17. The highest BCUT2D eigenvalue weighted by molar-refractivity contribution is 6.34. The van der Waals surface area contributed by atoms with Crippen molar-refractivity contribution < 1.29 is 9.53 Å². The van der Waals surface area contributed by atoms with Gasteiger partial charge in [0.25, 0.3) is 0 Å². The average molecular weight is 363 g/mol. The lowest BCUT2D eigenvalue weighted by Gasteiger charge is -2.40. The summed E-state index contributed by atoms with van der Waals surface area (Å²) < 4.78 is 5.48. The number of carbonyl (C=O) groups is 1. The van der Waals surface area contributed by atoms with Crippen LogP contribution in [0.2, 0.25) is 5.15 Å². The van der Waals surface area contributed by atoms with Crippen LogP contribution in [0, 0.1) is 0 Å². The van der Waals surface area contributed by atoms with E-state index in [1.165, 1.54) is 0 Å². The molecule has 3 rings (SSSR count). The van der Waals surface area contributed by atoms with Gasteiger partial charge in [-0.1, -0.05) is 35.9 Å². The first kappa shape index (κ1) is 17.7. The molecule has 1 amide bonds. The molecule has 0 bridgehead atoms. The van der Waals surface area contributed by atoms with E-state index in [0.717, 1.165) is 16.6 Å². The van der Waals surface area contributed by atoms with Gasteiger partial charge in [-0.15, -0.1) is 10.2 Å². The van der Waals surface area contributed by atoms with E-state index in [0.29, 0.717) is 24.8 Å². The maximum atomic E-state index is 12.3. The molecule has 25 heavy (non-hydrogen) atoms. The second-order valence-corrected chi connectivity index (χ2v) is 7.69. The van der Waals surface area contributed by atoms with Crippen molar-refractivity contribution >= 4 is 34.3 Å². The van der Waals surface area contributed by atoms with Gasteiger partial charge >= 0.3 is 6.09 Å². The number of hydrogen-bond donors (Lipinski definition) is 0. The molecule has 134 valence electrons. The van der Waals surface area contributed by atoms with Crippen molar-refractivity contribution in [2.45, 2.75) is 39.3 Å². The Morgan fingerprint density at radius 3 is 2.52 bits per heavy atom. The monoisotopic (exact) mass is 362 g/mol. The maximum absolute atomic E-state index is 12.3. The Morgan fingerprint density at radius 1 is 1.20 bits per heavy atom. The molecule has 0 N–H and O–H groups in total. The molecule has 1 aliphatic heterocycles. The van der Waals surface area contributed by atoms with Crippen molar-refractivity contribution in [1.29, 1.82) is 0 Å². The molecule has 1 aromatic carbocycles. The summed E-state index contributed by atoms with van der Waals surface area (Å²) in [4.78, 5) is 16.2. The quantitative estimate of drug-likeness (QED) is 0.773. The van der Waals surface area contributed by atoms with Crippen LogP contribution in [0.5, 0.6) is 0 Å². The molecule has 2 aromatic rings. The molecular formula is C18H23ClN4O2. The van der Waals surface area contributed by atoms with Crippen LogP contribution in [0.3, 0.4) is 0 Å². The van der Waals surface area contributed by atoms with Gasteiger partial charge in [-0.25, -0.2) is 4.79 Å². The van der Waals surface area contributed by atoms with Crippen LogP contribution >= 0.6 is 11.6 Å². The van der Waals surface area contributed by atoms with Gasteiger partial charge in [0, 0.05) is 36.4 Å². The first-order valence-electron chi connectivity index (χ1n) is 8.42. The number of piperazine rings is 1. The molecular weight excluding hydrogens is 340 g/mol. The Morgan fingerprint density at radius 2 is 1.88 bits per heavy atom. The largest absolute Gasteiger partial charge is 0.444 e. The van der Waals surface area contributed by atoms with Crippen molar-refractivity contribution in [2.24, 2.45) is 0 Å². The number of aromatic nitrogens is 2. The number of hydrogen-bond acceptors (Lipinski definition) is 5. The van der Waals surface area contributed by atoms with Gasteiger partial charge in [-0.2, -0.15) is 0 Å². The van der Waals surface area contributed by atoms with Gasteiger partial charge in [0.1, 0.15) is 5.60 Å². The number of fused-ring (bicyclic) bond motifs is 1. The fourth-order valence-electron chi connectivity index (χ4n) is 3.03. The van der Waals surface area contributed by atoms with Crippen molar-refractivity contribution in [1.82, 2.24) is 15.1 Å². The lowest BCUT2D eigenvalue weighted by Crippen LogP contribution is -2.55. The summed E-state index contributed by atoms with van der Waals surface area (Å²) in [5.41, 5.74) is -0.491. The number of nitrogens with zero attached hydrogens (tertiary/aromatic N) is 4. The molecule has 1 aliphatic rings. The van der Waals surface area contributed by atoms with Gasteiger partial charge in [0.05, 0.1) is 0 Å². The number of rotatable bonds is 1. The van der Waals surface area contributed by atoms with Crippen molar-refractivity contribution in [3.8, 4) is 0 Å². The standard InChI is InChI=1S/C18H23ClN4O2/c1-12-11-22(17(24)25-18(2,3)4)9-10-23(12)16-14-8-6-5-7-13(14)15(19)20-21-16/h5-8,12H,9-11H2,1-4H3/t12-/m0/s1. The highest BCUT2D eigenvalue weighted by Crippen LogP contribution is 2.30. The summed E-state index contributed by atoms with van der Waals surface area (Å²) in [6.45, 7) is 9.52. The predicted octanol–water partition coefficient (Wildman–Crippen LogP) is 3.73. The Hall–Kier alpha value is -2.08. The summed E-state index contributed by atoms with van der Waals surface area (Å²) in [6.07, 6.45) is -0.272. The maximum Gasteiger partial charge on any atom is 0.410 e. The van der Waals surface area contributed by atoms with E-state index in [2.05, 4.69) is 22.0 Å². The normalized spacial score (nSPS) is 18.5. The minimum Gasteiger partial charge on any atom is -0.444 e. The van der Waals surface area contributed by atoms with Crippen molar-refractivity contribution in [3.05, 3.63) is 29.4 Å². The smallest absolute Gasteiger partial charge is 0.410 e. The summed E-state index contributed by atoms with van der Waals surface area (Å²) >= 11 is 6.17. The molecule has 0 saturated carbocycles. The van der Waals surface area contributed by atoms with Crippen LogP contribution in [0.4, 0.5) is 10.6 Å². The predicted molar refractivity (Wildman–Crippen MR) is 99.2 cm³/mol. The van der Waals surface area contributed by atoms with Crippen LogP contribution in [0.15, 0.2) is 24.3 Å². The molecule has 1 saturated heterocycles. The molecule has 7 heteroatoms. The van der Waals surface area contributed by atoms with Crippen molar-refractivity contribution in [3.63, 3.8) is 0 Å². The second kappa shape index (κ2) is 6.67. The Balaban J connectivity index is 1.81. The summed E-state index contributed by atoms with van der Waals surface area (Å²) in [5.74, 6) is 0.802. The zero-order valence-corrected chi connectivity index (χ0v) is 15.7. The summed E-state index contributed by atoms with van der Waals surface area (Å²) in [7, 11) is 0. The molecule has 0 unspecified atom stereocenters. The third-order valence-corrected chi connectivity index (χ3v) is 4.45. The lowest BCUT2D eigenvalue weighted by molar-refractivity contribution is 0.0218. The number of anilines is 1. The molecule has 1 fully saturated rings. The first-order valence-corrected chi connectivity index (χ1v) is 8.79. The third kappa shape index (κ3) is 3.79. The average Bonchev–Trinajstić information content (AvgIpc) is 2.54. The number of amides is 1. The Labute approximate surface area is 152 Å². The highest BCUT2D eigenvalue weighted by atomic mass is 35.5. The van der Waals surface area contributed by atoms with Crippen LogP contribution < -0.4 is 4.90 Å². The van der Waals surface area contributed by atoms with E-state index < -0.39 is 5.60 Å². The van der Waals surface area contributed by atoms with Gasteiger partial charge in [0.2, 0.25) is 0 Å². The van der Waals surface area contributed by atoms with Crippen molar-refractivity contribution in [2.75, 3.05) is 24.5 Å². The minimum atomic E-state index is -0.491. The molecule has 1 atom stereocenters. The summed E-state index contributed by atoms with van der Waals surface area (Å²) in [6, 6.07) is 7.94. The number of ether oxygens (including phenoxy) is 1. The number of halogens is 1. The number of carbonyl (C=O) groups excluding carboxylic acids is 1. The molecule has 6 nitrogen and oxygen atoms in total. The SMILES string of the molecule is C[C@H]1CN(C(=O)OC(C)(C)C)CCN1c1nnc(Cl)c2ccccc12. The topological polar surface area (TPSA) is 58.6 Å². The van der Waals surface area contributed by atoms with E-state index in [4.69, 9.17) is 16.3 Å². The van der Waals surface area contributed by atoms with E-state index in [-0.39, 0.29) is 12.1 Å². The lowest BCUT2D eigenvalue weighted by atomic mass is 10.1. The highest BCUT2D eigenvalue weighted by Gasteiger charge is 2.31. The van der Waals surface area contributed by atoms with E-state index in [1.54, 1.807) is 4.90 Å². The van der Waals surface area contributed by atoms with Crippen LogP contribution in [0.25, 0.3) is 10.8 Å². The molecule has 1 aromatic heterocycles. The van der Waals surface area contributed by atoms with Crippen LogP contribution in [-0.4, -0.2) is 52.5 Å². The van der Waals surface area contributed by atoms with Gasteiger partial charge in [0.15, 0.2) is 11.0 Å². The molecule has 0 aliphatic carbocycles. The van der Waals surface area contributed by atoms with E-state index >= 15 is 0 Å². The summed E-state index contributed by atoms with van der Waals surface area (Å²) in [5, 5.41) is 10.7. The van der Waals surface area contributed by atoms with E-state index in [9.17, 15) is 4.79 Å². The van der Waals surface area contributed by atoms with E-state index in [1.807, 2.05) is 45.0 Å². The zero-order chi connectivity index (χ0) is 18.2. The van der Waals surface area contributed by atoms with Gasteiger partial charge in [-0.05, 0) is 27.7 Å². The van der Waals surface area contributed by atoms with Gasteiger partial charge in [-0.3, -0.25) is 0 Å². The minimum absolute atomic E-state index is 0.0974. The second-order valence-electron chi connectivity index (χ2n) is 7.33. The zero-order valence-electron chi connectivity index (χ0n) is 15.0. The van der Waals surface area contributed by atoms with Gasteiger partial charge < -0.3 is 14.5 Å². The first-order chi connectivity index (χ1) is 11.8. The Kier molecular flexibility index (Phi) is 4.73. The molecule has 0 spiro atoms. The molecule has 2 heterocycles. The fourth-order valence-corrected chi connectivity index (χ4v) is 3.24. The fraction of sp³-hybridized carbons (Fsp3) is 0.500. The van der Waals surface area contributed by atoms with Crippen LogP contribution in [0.1, 0.15) is 27.7 Å². The molecule has 0 radical (unpaired) electrons. The Bertz CT molecular complexity index is 790. The van der Waals surface area contributed by atoms with Crippen LogP contribution in [-0.2, 0) is 4.74 Å².